The van der Waals surface area contributed by atoms with E-state index in [9.17, 15) is 13.0 Å². The number of rotatable bonds is 19. The summed E-state index contributed by atoms with van der Waals surface area (Å²) in [6.07, 6.45) is 20.0. The topological polar surface area (TPSA) is 63.6 Å². The highest BCUT2D eigenvalue weighted by Crippen LogP contribution is 2.27. The van der Waals surface area contributed by atoms with Crippen LogP contribution in [0.3, 0.4) is 0 Å². The summed E-state index contributed by atoms with van der Waals surface area (Å²) in [6.45, 7) is 7.25. The second kappa shape index (κ2) is 15.7. The van der Waals surface area contributed by atoms with Crippen molar-refractivity contribution in [1.82, 2.24) is 0 Å². The van der Waals surface area contributed by atoms with Gasteiger partial charge in [-0.2, -0.15) is 8.42 Å². The van der Waals surface area contributed by atoms with Gasteiger partial charge in [0.05, 0.1) is 0 Å². The maximum atomic E-state index is 11.6. The minimum absolute atomic E-state index is 0.508. The number of unbranched alkanes of at least 4 members (excludes halogenated alkanes) is 12. The second-order valence-corrected chi connectivity index (χ2v) is 11.6. The Hall–Kier alpha value is -1.07. The van der Waals surface area contributed by atoms with Gasteiger partial charge in [0.2, 0.25) is 4.93 Å². The average Bonchev–Trinajstić information content (AvgIpc) is 2.72. The lowest BCUT2D eigenvalue weighted by atomic mass is 9.96. The number of hydrogen-bond acceptors (Lipinski definition) is 3. The van der Waals surface area contributed by atoms with Gasteiger partial charge in [-0.15, -0.1) is 0 Å². The quantitative estimate of drug-likeness (QED) is 0.164. The Morgan fingerprint density at radius 1 is 0.719 bits per heavy atom. The van der Waals surface area contributed by atoms with E-state index in [4.69, 9.17) is 4.74 Å². The van der Waals surface area contributed by atoms with Gasteiger partial charge in [0.1, 0.15) is 5.75 Å². The fraction of sp³-hybridized carbons (Fsp3) is 0.778. The van der Waals surface area contributed by atoms with E-state index in [-0.39, 0.29) is 0 Å². The Bertz CT molecular complexity index is 725. The van der Waals surface area contributed by atoms with Crippen molar-refractivity contribution in [1.29, 1.82) is 0 Å². The van der Waals surface area contributed by atoms with Crippen LogP contribution in [0.4, 0.5) is 0 Å². The second-order valence-electron chi connectivity index (χ2n) is 9.65. The van der Waals surface area contributed by atoms with Gasteiger partial charge in [-0.25, -0.2) is 0 Å². The smallest absolute Gasteiger partial charge is 0.305 e. The third-order valence-corrected chi connectivity index (χ3v) is 7.59. The molecule has 0 fully saturated rings. The van der Waals surface area contributed by atoms with Crippen molar-refractivity contribution in [3.05, 3.63) is 29.3 Å². The molecular weight excluding hydrogens is 420 g/mol. The van der Waals surface area contributed by atoms with Crippen molar-refractivity contribution < 1.29 is 17.7 Å². The van der Waals surface area contributed by atoms with Crippen LogP contribution in [0, 0.1) is 0 Å². The molecule has 0 atom stereocenters. The fourth-order valence-corrected chi connectivity index (χ4v) is 4.23. The highest BCUT2D eigenvalue weighted by atomic mass is 32.2. The normalized spacial score (nSPS) is 12.3. The summed E-state index contributed by atoms with van der Waals surface area (Å²) in [5.41, 5.74) is 2.61. The van der Waals surface area contributed by atoms with Crippen molar-refractivity contribution >= 4 is 10.1 Å². The molecule has 0 saturated carbocycles. The molecule has 0 spiro atoms. The maximum absolute atomic E-state index is 11.6. The third kappa shape index (κ3) is 11.7. The molecule has 1 N–H and O–H groups in total. The molecule has 0 heterocycles. The van der Waals surface area contributed by atoms with Crippen LogP contribution in [0.1, 0.15) is 129 Å². The van der Waals surface area contributed by atoms with E-state index in [2.05, 4.69) is 19.9 Å². The lowest BCUT2D eigenvalue weighted by Crippen LogP contribution is -2.37. The summed E-state index contributed by atoms with van der Waals surface area (Å²) in [6, 6.07) is 5.92. The van der Waals surface area contributed by atoms with Gasteiger partial charge in [0, 0.05) is 0 Å². The first kappa shape index (κ1) is 29.0. The SMILES string of the molecule is CCCCCCCCCc1ccc(OC(C)(C)S(=O)(=O)O)cc1CCCCCCCCC. The number of benzene rings is 1. The van der Waals surface area contributed by atoms with Gasteiger partial charge in [-0.3, -0.25) is 4.55 Å². The molecule has 186 valence electrons. The van der Waals surface area contributed by atoms with Crippen LogP contribution in [0.5, 0.6) is 5.75 Å². The van der Waals surface area contributed by atoms with Crippen LogP contribution in [-0.2, 0) is 23.0 Å². The summed E-state index contributed by atoms with van der Waals surface area (Å²) < 4.78 is 38.4. The monoisotopic (exact) mass is 468 g/mol. The van der Waals surface area contributed by atoms with E-state index in [0.29, 0.717) is 5.75 Å². The maximum Gasteiger partial charge on any atom is 0.305 e. The van der Waals surface area contributed by atoms with Crippen molar-refractivity contribution in [3.8, 4) is 5.75 Å². The molecule has 0 aliphatic rings. The lowest BCUT2D eigenvalue weighted by Gasteiger charge is -2.24. The number of ether oxygens (including phenoxy) is 1. The summed E-state index contributed by atoms with van der Waals surface area (Å²) in [5.74, 6) is 0.508. The first-order chi connectivity index (χ1) is 15.2. The Morgan fingerprint density at radius 3 is 1.62 bits per heavy atom. The van der Waals surface area contributed by atoms with Gasteiger partial charge in [0.25, 0.3) is 0 Å². The molecule has 0 bridgehead atoms. The molecule has 1 aromatic rings. The molecule has 1 rings (SSSR count). The standard InChI is InChI=1S/C27H48O4S/c1-5-7-9-11-13-15-17-19-24-21-22-26(31-27(3,4)32(28,29)30)23-25(24)20-18-16-14-12-10-8-6-2/h21-23H,5-20H2,1-4H3,(H,28,29,30). The number of hydrogen-bond donors (Lipinski definition) is 1. The zero-order valence-corrected chi connectivity index (χ0v) is 21.9. The minimum atomic E-state index is -4.31. The summed E-state index contributed by atoms with van der Waals surface area (Å²) in [5, 5.41) is 0. The molecule has 0 aliphatic heterocycles. The minimum Gasteiger partial charge on any atom is -0.469 e. The zero-order valence-electron chi connectivity index (χ0n) is 21.1. The molecule has 4 nitrogen and oxygen atoms in total. The predicted octanol–water partition coefficient (Wildman–Crippen LogP) is 8.28. The van der Waals surface area contributed by atoms with Crippen molar-refractivity contribution in [3.63, 3.8) is 0 Å². The summed E-state index contributed by atoms with van der Waals surface area (Å²) in [4.78, 5) is -1.66. The van der Waals surface area contributed by atoms with Crippen LogP contribution in [-0.4, -0.2) is 17.9 Å². The molecule has 1 aromatic carbocycles. The Morgan fingerprint density at radius 2 is 1.16 bits per heavy atom. The highest BCUT2D eigenvalue weighted by Gasteiger charge is 2.35. The van der Waals surface area contributed by atoms with E-state index in [1.165, 1.54) is 108 Å². The molecule has 5 heteroatoms. The van der Waals surface area contributed by atoms with E-state index >= 15 is 0 Å². The van der Waals surface area contributed by atoms with Crippen molar-refractivity contribution in [2.45, 2.75) is 135 Å². The Kier molecular flexibility index (Phi) is 14.2. The van der Waals surface area contributed by atoms with Crippen molar-refractivity contribution in [2.75, 3.05) is 0 Å². The summed E-state index contributed by atoms with van der Waals surface area (Å²) in [7, 11) is -4.31. The molecule has 0 saturated heterocycles. The Balaban J connectivity index is 2.70. The van der Waals surface area contributed by atoms with E-state index in [0.717, 1.165) is 19.3 Å². The fourth-order valence-electron chi connectivity index (χ4n) is 4.02. The first-order valence-electron chi connectivity index (χ1n) is 13.0. The molecule has 0 aromatic heterocycles. The van der Waals surface area contributed by atoms with Gasteiger partial charge in [-0.1, -0.05) is 97.0 Å². The van der Waals surface area contributed by atoms with Gasteiger partial charge >= 0.3 is 10.1 Å². The van der Waals surface area contributed by atoms with Crippen LogP contribution < -0.4 is 4.74 Å². The highest BCUT2D eigenvalue weighted by molar-refractivity contribution is 7.87. The average molecular weight is 469 g/mol. The number of aryl methyl sites for hydroxylation is 2. The predicted molar refractivity (Wildman–Crippen MR) is 136 cm³/mol. The van der Waals surface area contributed by atoms with Gasteiger partial charge < -0.3 is 4.74 Å². The van der Waals surface area contributed by atoms with Crippen LogP contribution >= 0.6 is 0 Å². The van der Waals surface area contributed by atoms with E-state index < -0.39 is 15.1 Å². The van der Waals surface area contributed by atoms with Crippen LogP contribution in [0.2, 0.25) is 0 Å². The van der Waals surface area contributed by atoms with Gasteiger partial charge in [0.15, 0.2) is 0 Å². The molecule has 32 heavy (non-hydrogen) atoms. The lowest BCUT2D eigenvalue weighted by molar-refractivity contribution is 0.178. The molecular formula is C27H48O4S. The van der Waals surface area contributed by atoms with E-state index in [1.807, 2.05) is 12.1 Å². The first-order valence-corrected chi connectivity index (χ1v) is 14.4. The molecule has 0 radical (unpaired) electrons. The molecule has 0 aliphatic carbocycles. The summed E-state index contributed by atoms with van der Waals surface area (Å²) >= 11 is 0. The van der Waals surface area contributed by atoms with Gasteiger partial charge in [-0.05, 0) is 62.8 Å². The van der Waals surface area contributed by atoms with Crippen LogP contribution in [0.15, 0.2) is 18.2 Å². The zero-order chi connectivity index (χ0) is 23.9. The Labute approximate surface area is 198 Å². The van der Waals surface area contributed by atoms with Crippen molar-refractivity contribution in [2.24, 2.45) is 0 Å². The molecule has 0 unspecified atom stereocenters. The van der Waals surface area contributed by atoms with Crippen LogP contribution in [0.25, 0.3) is 0 Å². The molecule has 0 amide bonds. The van der Waals surface area contributed by atoms with E-state index in [1.54, 1.807) is 0 Å². The third-order valence-electron chi connectivity index (χ3n) is 6.26. The largest absolute Gasteiger partial charge is 0.469 e.